The van der Waals surface area contributed by atoms with Gasteiger partial charge in [0.2, 0.25) is 0 Å². The Morgan fingerprint density at radius 1 is 0.838 bits per heavy atom. The van der Waals surface area contributed by atoms with E-state index in [4.69, 9.17) is 8.85 Å². The second kappa shape index (κ2) is 10.8. The zero-order valence-electron chi connectivity index (χ0n) is 26.6. The third kappa shape index (κ3) is 6.38. The van der Waals surface area contributed by atoms with Crippen LogP contribution in [0.4, 0.5) is 0 Å². The van der Waals surface area contributed by atoms with Gasteiger partial charge in [-0.05, 0) is 136 Å². The first-order valence-electron chi connectivity index (χ1n) is 16.1. The van der Waals surface area contributed by atoms with Crippen LogP contribution in [0.15, 0.2) is 11.6 Å². The first-order valence-corrected chi connectivity index (χ1v) is 22.9. The van der Waals surface area contributed by atoms with E-state index in [1.165, 1.54) is 64.2 Å². The van der Waals surface area contributed by atoms with Crippen LogP contribution >= 0.6 is 0 Å². The largest absolute Gasteiger partial charge is 0.411 e. The molecule has 0 unspecified atom stereocenters. The van der Waals surface area contributed by atoms with Gasteiger partial charge >= 0.3 is 0 Å². The topological polar surface area (TPSA) is 18.5 Å². The van der Waals surface area contributed by atoms with Crippen molar-refractivity contribution in [1.29, 1.82) is 0 Å². The highest BCUT2D eigenvalue weighted by Crippen LogP contribution is 2.68. The minimum absolute atomic E-state index is 0.300. The molecule has 0 N–H and O–H groups in total. The number of hydrogen-bond acceptors (Lipinski definition) is 2. The molecule has 0 bridgehead atoms. The van der Waals surface area contributed by atoms with Crippen molar-refractivity contribution in [2.24, 2.45) is 46.3 Å². The first-order chi connectivity index (χ1) is 17.0. The predicted octanol–water partition coefficient (Wildman–Crippen LogP) is 10.1. The zero-order chi connectivity index (χ0) is 27.4. The van der Waals surface area contributed by atoms with Crippen LogP contribution in [-0.2, 0) is 8.85 Å². The Morgan fingerprint density at radius 3 is 2.14 bits per heavy atom. The molecule has 214 valence electrons. The molecule has 0 saturated heterocycles. The van der Waals surface area contributed by atoms with Crippen molar-refractivity contribution in [3.8, 4) is 0 Å². The lowest BCUT2D eigenvalue weighted by Gasteiger charge is -2.61. The van der Waals surface area contributed by atoms with Crippen LogP contribution in [0.5, 0.6) is 0 Å². The van der Waals surface area contributed by atoms with Gasteiger partial charge in [0.25, 0.3) is 0 Å². The van der Waals surface area contributed by atoms with Gasteiger partial charge in [-0.1, -0.05) is 60.0 Å². The first kappa shape index (κ1) is 30.1. The second-order valence-electron chi connectivity index (χ2n) is 16.7. The van der Waals surface area contributed by atoms with E-state index in [1.54, 1.807) is 5.57 Å². The van der Waals surface area contributed by atoms with Gasteiger partial charge < -0.3 is 8.85 Å². The Balaban J connectivity index is 1.60. The van der Waals surface area contributed by atoms with Crippen molar-refractivity contribution < 1.29 is 8.85 Å². The Kier molecular flexibility index (Phi) is 8.79. The van der Waals surface area contributed by atoms with Crippen LogP contribution in [0.25, 0.3) is 0 Å². The summed E-state index contributed by atoms with van der Waals surface area (Å²) in [5.41, 5.74) is 2.48. The summed E-state index contributed by atoms with van der Waals surface area (Å²) >= 11 is 0. The third-order valence-corrected chi connectivity index (χ3v) is 13.3. The van der Waals surface area contributed by atoms with Crippen LogP contribution in [0.3, 0.4) is 0 Å². The van der Waals surface area contributed by atoms with Gasteiger partial charge in [-0.3, -0.25) is 0 Å². The molecule has 4 rings (SSSR count). The Bertz CT molecular complexity index is 823. The van der Waals surface area contributed by atoms with Crippen LogP contribution in [0, 0.1) is 46.3 Å². The molecule has 4 aliphatic carbocycles. The Hall–Kier alpha value is 0.0938. The van der Waals surface area contributed by atoms with Crippen LogP contribution < -0.4 is 0 Å². The number of rotatable bonds is 9. The quantitative estimate of drug-likeness (QED) is 0.211. The summed E-state index contributed by atoms with van der Waals surface area (Å²) in [5.74, 6) is 5.21. The monoisotopic (exact) mass is 546 g/mol. The summed E-state index contributed by atoms with van der Waals surface area (Å²) in [6, 6.07) is 0. The average Bonchev–Trinajstić information content (AvgIpc) is 3.10. The van der Waals surface area contributed by atoms with E-state index in [1.807, 2.05) is 0 Å². The number of hydrogen-bond donors (Lipinski definition) is 0. The molecule has 37 heavy (non-hydrogen) atoms. The second-order valence-corrected chi connectivity index (χ2v) is 25.6. The summed E-state index contributed by atoms with van der Waals surface area (Å²) in [7, 11) is -3.23. The molecule has 2 nitrogen and oxygen atoms in total. The van der Waals surface area contributed by atoms with Gasteiger partial charge in [0.1, 0.15) is 0 Å². The van der Waals surface area contributed by atoms with E-state index in [-0.39, 0.29) is 0 Å². The molecule has 3 fully saturated rings. The fourth-order valence-corrected chi connectivity index (χ4v) is 12.0. The summed E-state index contributed by atoms with van der Waals surface area (Å²) in [6.07, 6.45) is 17.0. The minimum atomic E-state index is -1.66. The number of fused-ring (bicyclic) bond motifs is 5. The minimum Gasteiger partial charge on any atom is -0.411 e. The maximum absolute atomic E-state index is 7.10. The third-order valence-electron chi connectivity index (χ3n) is 11.3. The maximum atomic E-state index is 7.10. The van der Waals surface area contributed by atoms with Crippen molar-refractivity contribution in [2.45, 2.75) is 150 Å². The molecule has 0 aromatic rings. The van der Waals surface area contributed by atoms with Gasteiger partial charge in [0.05, 0.1) is 12.2 Å². The van der Waals surface area contributed by atoms with Crippen LogP contribution in [0.1, 0.15) is 98.8 Å². The van der Waals surface area contributed by atoms with Crippen LogP contribution in [0.2, 0.25) is 39.3 Å². The smallest absolute Gasteiger partial charge is 0.184 e. The molecule has 0 amide bonds. The van der Waals surface area contributed by atoms with E-state index in [9.17, 15) is 0 Å². The van der Waals surface area contributed by atoms with E-state index in [0.717, 1.165) is 35.5 Å². The fourth-order valence-electron chi connectivity index (χ4n) is 9.83. The average molecular weight is 547 g/mol. The molecule has 0 heterocycles. The molecule has 0 radical (unpaired) electrons. The normalized spacial score (nSPS) is 41.1. The molecule has 3 saturated carbocycles. The van der Waals surface area contributed by atoms with Gasteiger partial charge in [0.15, 0.2) is 16.6 Å². The fraction of sp³-hybridized carbons (Fsp3) is 0.939. The van der Waals surface area contributed by atoms with Gasteiger partial charge in [-0.25, -0.2) is 0 Å². The van der Waals surface area contributed by atoms with Crippen molar-refractivity contribution in [3.63, 3.8) is 0 Å². The molecule has 4 heteroatoms. The van der Waals surface area contributed by atoms with Gasteiger partial charge in [0, 0.05) is 0 Å². The summed E-state index contributed by atoms with van der Waals surface area (Å²) in [6.45, 7) is 26.9. The van der Waals surface area contributed by atoms with E-state index in [2.05, 4.69) is 80.0 Å². The highest BCUT2D eigenvalue weighted by atomic mass is 28.4. The van der Waals surface area contributed by atoms with Crippen molar-refractivity contribution >= 4 is 16.6 Å². The van der Waals surface area contributed by atoms with Gasteiger partial charge in [-0.2, -0.15) is 0 Å². The molecular formula is C33H62O2Si2. The summed E-state index contributed by atoms with van der Waals surface area (Å²) in [4.78, 5) is 0. The molecule has 0 aromatic heterocycles. The molecule has 0 aliphatic heterocycles. The van der Waals surface area contributed by atoms with Crippen molar-refractivity contribution in [2.75, 3.05) is 0 Å². The zero-order valence-corrected chi connectivity index (χ0v) is 28.6. The molecule has 9 atom stereocenters. The molecular weight excluding hydrogens is 485 g/mol. The lowest BCUT2D eigenvalue weighted by Crippen LogP contribution is -2.56. The van der Waals surface area contributed by atoms with E-state index in [0.29, 0.717) is 23.0 Å². The SMILES string of the molecule is CC(C)CCC[C@@H](C)[C@H]1CC[C@H]2[C@@H]3C[C@@H](O[Si](C)(C)C)C4=C[C@@H](O[Si](C)(C)C)CC[C@]4(C)[C@H]3CC[C@]12C. The predicted molar refractivity (Wildman–Crippen MR) is 165 cm³/mol. The van der Waals surface area contributed by atoms with Gasteiger partial charge in [-0.15, -0.1) is 0 Å². The van der Waals surface area contributed by atoms with Crippen LogP contribution in [-0.4, -0.2) is 28.8 Å². The molecule has 4 aliphatic rings. The van der Waals surface area contributed by atoms with E-state index >= 15 is 0 Å². The summed E-state index contributed by atoms with van der Waals surface area (Å²) < 4.78 is 13.8. The Labute approximate surface area is 233 Å². The molecule has 0 spiro atoms. The lowest BCUT2D eigenvalue weighted by molar-refractivity contribution is -0.0842. The van der Waals surface area contributed by atoms with Crippen molar-refractivity contribution in [3.05, 3.63) is 11.6 Å². The molecule has 0 aromatic carbocycles. The standard InChI is InChI=1S/C33H62O2Si2/c1-23(2)13-12-14-24(3)27-15-16-28-26-22-31(35-37(9,10)11)30-21-25(34-36(6,7)8)17-19-33(30,5)29(26)18-20-32(27,28)4/h21,23-29,31H,12-20,22H2,1-11H3/t24-,25+,26+,27-,28+,29+,31-,32-,33-/m1/s1. The van der Waals surface area contributed by atoms with Crippen molar-refractivity contribution in [1.82, 2.24) is 0 Å². The Morgan fingerprint density at radius 2 is 1.51 bits per heavy atom. The highest BCUT2D eigenvalue weighted by Gasteiger charge is 2.61. The summed E-state index contributed by atoms with van der Waals surface area (Å²) in [5, 5.41) is 0. The highest BCUT2D eigenvalue weighted by molar-refractivity contribution is 6.70. The lowest BCUT2D eigenvalue weighted by atomic mass is 9.46. The maximum Gasteiger partial charge on any atom is 0.184 e. The van der Waals surface area contributed by atoms with E-state index < -0.39 is 16.6 Å².